The largest absolute Gasteiger partial charge is 0.618 e. The molecule has 10 nitrogen and oxygen atoms in total. The molecular formula is C29H23ClFN7O3. The number of hydroxylamine groups is 2. The average molecular weight is 572 g/mol. The minimum atomic E-state index is -0.532. The maximum absolute atomic E-state index is 14.3. The van der Waals surface area contributed by atoms with Crippen LogP contribution in [0.2, 0.25) is 5.02 Å². The van der Waals surface area contributed by atoms with E-state index in [9.17, 15) is 19.6 Å². The van der Waals surface area contributed by atoms with Crippen molar-refractivity contribution >= 4 is 23.2 Å². The molecule has 0 saturated heterocycles. The van der Waals surface area contributed by atoms with E-state index in [1.807, 2.05) is 6.07 Å². The van der Waals surface area contributed by atoms with Crippen molar-refractivity contribution in [3.05, 3.63) is 117 Å². The molecule has 4 heterocycles. The standard InChI is InChI=1S/C29H23ClFN7O3/c30-20-6-10-26(36-17-32-34-35-36)23(14-20)19-5-9-27(38(41)16-19)22-3-1-2-4-29(39)33-25-8-7-21(31)15-24(25)28-13-18(22)11-12-37(28)40/h5-17,22,40H,1-4H2/b28-24+,33-25?. The third-order valence-corrected chi connectivity index (χ3v) is 7.38. The van der Waals surface area contributed by atoms with Gasteiger partial charge in [0.05, 0.1) is 22.7 Å². The molecule has 2 aromatic heterocycles. The van der Waals surface area contributed by atoms with Crippen molar-refractivity contribution in [2.75, 3.05) is 0 Å². The topological polar surface area (TPSA) is 123 Å². The third-order valence-electron chi connectivity index (χ3n) is 7.14. The molecular weight excluding hydrogens is 549 g/mol. The van der Waals surface area contributed by atoms with Crippen LogP contribution in [0.3, 0.4) is 0 Å². The zero-order chi connectivity index (χ0) is 28.5. The predicted octanol–water partition coefficient (Wildman–Crippen LogP) is 3.51. The van der Waals surface area contributed by atoms with Gasteiger partial charge in [-0.15, -0.1) is 5.10 Å². The van der Waals surface area contributed by atoms with Crippen LogP contribution in [0.15, 0.2) is 90.0 Å². The number of fused-ring (bicyclic) bond motifs is 2. The summed E-state index contributed by atoms with van der Waals surface area (Å²) in [7, 11) is 0. The number of halogens is 2. The molecule has 1 amide bonds. The zero-order valence-corrected chi connectivity index (χ0v) is 22.3. The number of rotatable bonds is 3. The summed E-state index contributed by atoms with van der Waals surface area (Å²) in [5, 5.41) is 37.5. The minimum Gasteiger partial charge on any atom is -0.618 e. The Morgan fingerprint density at radius 1 is 1.12 bits per heavy atom. The van der Waals surface area contributed by atoms with Crippen LogP contribution in [0.4, 0.5) is 4.39 Å². The van der Waals surface area contributed by atoms with Crippen molar-refractivity contribution in [1.29, 1.82) is 0 Å². The predicted molar refractivity (Wildman–Crippen MR) is 146 cm³/mol. The van der Waals surface area contributed by atoms with E-state index in [1.54, 1.807) is 36.4 Å². The van der Waals surface area contributed by atoms with Gasteiger partial charge in [-0.05, 0) is 83.5 Å². The highest BCUT2D eigenvalue weighted by atomic mass is 35.5. The lowest BCUT2D eigenvalue weighted by Gasteiger charge is -2.24. The molecule has 12 heteroatoms. The zero-order valence-electron chi connectivity index (χ0n) is 21.6. The number of carbonyl (C=O) groups excluding carboxylic acids is 1. The second-order valence-corrected chi connectivity index (χ2v) is 10.2. The van der Waals surface area contributed by atoms with E-state index in [0.29, 0.717) is 46.8 Å². The van der Waals surface area contributed by atoms with Crippen LogP contribution in [0.1, 0.15) is 37.3 Å². The van der Waals surface area contributed by atoms with E-state index in [4.69, 9.17) is 11.6 Å². The molecule has 0 aliphatic carbocycles. The molecule has 0 radical (unpaired) electrons. The van der Waals surface area contributed by atoms with Gasteiger partial charge in [-0.1, -0.05) is 18.0 Å². The molecule has 0 spiro atoms. The van der Waals surface area contributed by atoms with E-state index in [-0.39, 0.29) is 34.5 Å². The minimum absolute atomic E-state index is 0.210. The SMILES string of the molecule is O=C1CCCCC(c2ccc(-c3cc(Cl)ccc3-n3cnnn3)c[n+]2[O-])C2=C/C(=c3/cc(F)ccc3=N1)N(O)C=C2. The van der Waals surface area contributed by atoms with Gasteiger partial charge < -0.3 is 5.21 Å². The van der Waals surface area contributed by atoms with Crippen molar-refractivity contribution in [3.8, 4) is 16.8 Å². The Labute approximate surface area is 238 Å². The van der Waals surface area contributed by atoms with Crippen LogP contribution in [0.5, 0.6) is 0 Å². The Hall–Kier alpha value is -4.74. The lowest BCUT2D eigenvalue weighted by molar-refractivity contribution is -0.614. The van der Waals surface area contributed by atoms with Crippen molar-refractivity contribution in [1.82, 2.24) is 25.3 Å². The number of aromatic nitrogens is 5. The number of allylic oxidation sites excluding steroid dienone is 2. The third kappa shape index (κ3) is 5.37. The van der Waals surface area contributed by atoms with E-state index >= 15 is 0 Å². The molecule has 41 heavy (non-hydrogen) atoms. The summed E-state index contributed by atoms with van der Waals surface area (Å²) in [5.74, 6) is -1.24. The summed E-state index contributed by atoms with van der Waals surface area (Å²) in [6.45, 7) is 0. The summed E-state index contributed by atoms with van der Waals surface area (Å²) in [6.07, 6.45) is 9.80. The van der Waals surface area contributed by atoms with Gasteiger partial charge in [-0.3, -0.25) is 10.0 Å². The Morgan fingerprint density at radius 3 is 2.80 bits per heavy atom. The molecule has 4 aromatic rings. The molecule has 1 atom stereocenters. The maximum atomic E-state index is 14.3. The van der Waals surface area contributed by atoms with Gasteiger partial charge in [0.2, 0.25) is 5.91 Å². The number of pyridine rings is 1. The molecule has 0 saturated carbocycles. The van der Waals surface area contributed by atoms with Crippen molar-refractivity contribution < 1.29 is 19.1 Å². The molecule has 206 valence electrons. The molecule has 1 unspecified atom stereocenters. The Morgan fingerprint density at radius 2 is 2.00 bits per heavy atom. The number of hydrogen-bond acceptors (Lipinski definition) is 7. The molecule has 1 N–H and O–H groups in total. The molecule has 2 aromatic carbocycles. The van der Waals surface area contributed by atoms with Crippen LogP contribution >= 0.6 is 11.6 Å². The first-order chi connectivity index (χ1) is 19.9. The van der Waals surface area contributed by atoms with Crippen LogP contribution in [0.25, 0.3) is 22.5 Å². The summed E-state index contributed by atoms with van der Waals surface area (Å²) in [4.78, 5) is 16.7. The Balaban J connectivity index is 1.47. The van der Waals surface area contributed by atoms with Crippen molar-refractivity contribution in [3.63, 3.8) is 0 Å². The molecule has 2 aliphatic heterocycles. The fourth-order valence-electron chi connectivity index (χ4n) is 5.17. The lowest BCUT2D eigenvalue weighted by atomic mass is 9.87. The first-order valence-electron chi connectivity index (χ1n) is 12.9. The summed E-state index contributed by atoms with van der Waals surface area (Å²) < 4.78 is 16.6. The van der Waals surface area contributed by atoms with Gasteiger partial charge in [-0.25, -0.2) is 14.4 Å². The number of nitrogens with zero attached hydrogens (tertiary/aromatic N) is 7. The van der Waals surface area contributed by atoms with E-state index in [0.717, 1.165) is 15.4 Å². The molecule has 6 rings (SSSR count). The van der Waals surface area contributed by atoms with Crippen LogP contribution in [0, 0.1) is 11.0 Å². The monoisotopic (exact) mass is 571 g/mol. The van der Waals surface area contributed by atoms with E-state index in [2.05, 4.69) is 20.5 Å². The number of benzene rings is 2. The highest BCUT2D eigenvalue weighted by molar-refractivity contribution is 6.31. The van der Waals surface area contributed by atoms with Crippen molar-refractivity contribution in [2.45, 2.75) is 31.6 Å². The second kappa shape index (κ2) is 11.0. The quantitative estimate of drug-likeness (QED) is 0.295. The van der Waals surface area contributed by atoms with Crippen LogP contribution in [-0.2, 0) is 4.79 Å². The fraction of sp³-hybridized carbons (Fsp3) is 0.172. The number of hydrogen-bond donors (Lipinski definition) is 1. The first-order valence-corrected chi connectivity index (χ1v) is 13.3. The number of carbonyl (C=O) groups is 1. The van der Waals surface area contributed by atoms with Gasteiger partial charge >= 0.3 is 0 Å². The van der Waals surface area contributed by atoms with Gasteiger partial charge in [-0.2, -0.15) is 9.41 Å². The number of tetrazole rings is 1. The van der Waals surface area contributed by atoms with E-state index in [1.165, 1.54) is 41.6 Å². The summed E-state index contributed by atoms with van der Waals surface area (Å²) in [5.41, 5.74) is 3.42. The highest BCUT2D eigenvalue weighted by Crippen LogP contribution is 2.34. The van der Waals surface area contributed by atoms with Crippen LogP contribution < -0.4 is 15.3 Å². The molecule has 2 bridgehead atoms. The maximum Gasteiger partial charge on any atom is 0.246 e. The smallest absolute Gasteiger partial charge is 0.246 e. The van der Waals surface area contributed by atoms with Gasteiger partial charge in [0.1, 0.15) is 12.1 Å². The average Bonchev–Trinajstić information content (AvgIpc) is 3.49. The molecule has 2 aliphatic rings. The van der Waals surface area contributed by atoms with E-state index < -0.39 is 5.82 Å². The lowest BCUT2D eigenvalue weighted by Crippen LogP contribution is -2.35. The van der Waals surface area contributed by atoms with Crippen LogP contribution in [-0.4, -0.2) is 36.4 Å². The Bertz CT molecular complexity index is 1840. The summed E-state index contributed by atoms with van der Waals surface area (Å²) >= 11 is 6.29. The number of amides is 1. The second-order valence-electron chi connectivity index (χ2n) is 9.74. The van der Waals surface area contributed by atoms with Gasteiger partial charge in [0.25, 0.3) is 0 Å². The normalized spacial score (nSPS) is 18.6. The van der Waals surface area contributed by atoms with Gasteiger partial charge in [0.15, 0.2) is 11.9 Å². The molecule has 0 fully saturated rings. The Kier molecular flexibility index (Phi) is 7.12. The first kappa shape index (κ1) is 26.5. The van der Waals surface area contributed by atoms with Gasteiger partial charge in [0, 0.05) is 40.1 Å². The fourth-order valence-corrected chi connectivity index (χ4v) is 5.34. The highest BCUT2D eigenvalue weighted by Gasteiger charge is 2.27. The van der Waals surface area contributed by atoms with Crippen molar-refractivity contribution in [2.24, 2.45) is 4.99 Å². The summed E-state index contributed by atoms with van der Waals surface area (Å²) in [6, 6.07) is 12.7.